The number of fused-ring (bicyclic) bond motifs is 1. The van der Waals surface area contributed by atoms with E-state index in [4.69, 9.17) is 10.1 Å². The quantitative estimate of drug-likeness (QED) is 0.885. The maximum atomic E-state index is 12.6. The van der Waals surface area contributed by atoms with Crippen molar-refractivity contribution in [1.29, 1.82) is 5.41 Å². The van der Waals surface area contributed by atoms with Crippen molar-refractivity contribution in [2.75, 3.05) is 12.0 Å². The molecule has 2 atom stereocenters. The number of thioether (sulfide) groups is 1. The minimum Gasteiger partial charge on any atom is -0.497 e. The van der Waals surface area contributed by atoms with Gasteiger partial charge < -0.3 is 15.0 Å². The number of rotatable bonds is 3. The van der Waals surface area contributed by atoms with Gasteiger partial charge in [-0.1, -0.05) is 11.8 Å². The number of carbonyl (C=O) groups excluding carboxylic acids is 2. The molecular weight excluding hydrogens is 302 g/mol. The van der Waals surface area contributed by atoms with E-state index >= 15 is 0 Å². The van der Waals surface area contributed by atoms with E-state index in [1.165, 1.54) is 0 Å². The molecule has 2 N–H and O–H groups in total. The number of carbonyl (C=O) groups is 2. The molecule has 1 aromatic rings. The first-order valence-corrected chi connectivity index (χ1v) is 7.92. The molecule has 22 heavy (non-hydrogen) atoms. The van der Waals surface area contributed by atoms with E-state index < -0.39 is 5.25 Å². The van der Waals surface area contributed by atoms with Gasteiger partial charge in [0.2, 0.25) is 11.8 Å². The zero-order chi connectivity index (χ0) is 15.9. The number of nitrogens with zero attached hydrogens (tertiary/aromatic N) is 1. The number of amidine groups is 1. The molecule has 0 aromatic heterocycles. The fourth-order valence-electron chi connectivity index (χ4n) is 2.92. The van der Waals surface area contributed by atoms with Crippen LogP contribution in [0.4, 0.5) is 5.69 Å². The van der Waals surface area contributed by atoms with Crippen LogP contribution in [0.5, 0.6) is 5.75 Å². The zero-order valence-corrected chi connectivity index (χ0v) is 13.2. The van der Waals surface area contributed by atoms with Gasteiger partial charge in [-0.3, -0.25) is 15.0 Å². The summed E-state index contributed by atoms with van der Waals surface area (Å²) < 4.78 is 5.22. The first kappa shape index (κ1) is 14.9. The smallest absolute Gasteiger partial charge is 0.240 e. The molecule has 6 nitrogen and oxygen atoms in total. The summed E-state index contributed by atoms with van der Waals surface area (Å²) in [6, 6.07) is 5.73. The Hall–Kier alpha value is -2.02. The second-order valence-corrected chi connectivity index (χ2v) is 6.65. The van der Waals surface area contributed by atoms with Crippen molar-refractivity contribution in [2.45, 2.75) is 31.1 Å². The van der Waals surface area contributed by atoms with E-state index in [0.717, 1.165) is 35.2 Å². The first-order chi connectivity index (χ1) is 10.5. The van der Waals surface area contributed by atoms with Crippen molar-refractivity contribution in [1.82, 2.24) is 5.32 Å². The molecule has 2 heterocycles. The van der Waals surface area contributed by atoms with Crippen molar-refractivity contribution in [2.24, 2.45) is 0 Å². The van der Waals surface area contributed by atoms with Crippen molar-refractivity contribution in [3.05, 3.63) is 23.8 Å². The highest BCUT2D eigenvalue weighted by molar-refractivity contribution is 8.15. The van der Waals surface area contributed by atoms with Gasteiger partial charge in [0.05, 0.1) is 7.11 Å². The van der Waals surface area contributed by atoms with Crippen LogP contribution in [-0.2, 0) is 16.0 Å². The normalized spacial score (nSPS) is 23.5. The van der Waals surface area contributed by atoms with Crippen molar-refractivity contribution >= 4 is 34.4 Å². The molecule has 0 bridgehead atoms. The molecule has 1 fully saturated rings. The Bertz CT molecular complexity index is 661. The highest BCUT2D eigenvalue weighted by atomic mass is 32.2. The molecule has 1 saturated heterocycles. The van der Waals surface area contributed by atoms with Crippen molar-refractivity contribution in [3.63, 3.8) is 0 Å². The summed E-state index contributed by atoms with van der Waals surface area (Å²) in [5, 5.41) is 9.49. The third-order valence-corrected chi connectivity index (χ3v) is 4.92. The third-order valence-electron chi connectivity index (χ3n) is 3.92. The summed E-state index contributed by atoms with van der Waals surface area (Å²) in [4.78, 5) is 26.1. The van der Waals surface area contributed by atoms with Gasteiger partial charge in [0.15, 0.2) is 5.17 Å². The monoisotopic (exact) mass is 319 g/mol. The number of methoxy groups -OCH3 is 1. The molecule has 2 unspecified atom stereocenters. The SMILES string of the molecule is COc1ccc2c(c1)CC(C)N2C(=O)CC1SC(=N)NC1=O. The lowest BCUT2D eigenvalue weighted by Gasteiger charge is -2.23. The minimum atomic E-state index is -0.505. The number of ether oxygens (including phenoxy) is 1. The molecule has 2 aliphatic rings. The number of hydrogen-bond acceptors (Lipinski definition) is 5. The molecule has 7 heteroatoms. The second kappa shape index (κ2) is 5.64. The van der Waals surface area contributed by atoms with Crippen molar-refractivity contribution in [3.8, 4) is 5.75 Å². The predicted octanol–water partition coefficient (Wildman–Crippen LogP) is 1.53. The number of benzene rings is 1. The highest BCUT2D eigenvalue weighted by Gasteiger charge is 2.36. The molecule has 0 spiro atoms. The third kappa shape index (κ3) is 2.56. The molecule has 0 radical (unpaired) electrons. The van der Waals surface area contributed by atoms with E-state index in [2.05, 4.69) is 5.32 Å². The topological polar surface area (TPSA) is 82.5 Å². The predicted molar refractivity (Wildman–Crippen MR) is 85.5 cm³/mol. The molecule has 0 saturated carbocycles. The van der Waals surface area contributed by atoms with Gasteiger partial charge in [-0.15, -0.1) is 0 Å². The van der Waals surface area contributed by atoms with Gasteiger partial charge >= 0.3 is 0 Å². The van der Waals surface area contributed by atoms with E-state index in [-0.39, 0.29) is 29.4 Å². The van der Waals surface area contributed by atoms with E-state index in [1.807, 2.05) is 25.1 Å². The average molecular weight is 319 g/mol. The Morgan fingerprint density at radius 1 is 1.55 bits per heavy atom. The number of hydrogen-bond donors (Lipinski definition) is 2. The maximum Gasteiger partial charge on any atom is 0.240 e. The molecule has 116 valence electrons. The van der Waals surface area contributed by atoms with Crippen LogP contribution < -0.4 is 15.0 Å². The van der Waals surface area contributed by atoms with Gasteiger partial charge in [0.1, 0.15) is 11.0 Å². The summed E-state index contributed by atoms with van der Waals surface area (Å²) in [5.41, 5.74) is 1.97. The summed E-state index contributed by atoms with van der Waals surface area (Å²) in [7, 11) is 1.62. The number of nitrogens with one attached hydrogen (secondary N) is 2. The summed E-state index contributed by atoms with van der Waals surface area (Å²) >= 11 is 1.10. The number of amides is 2. The van der Waals surface area contributed by atoms with E-state index in [1.54, 1.807) is 12.0 Å². The lowest BCUT2D eigenvalue weighted by molar-refractivity contribution is -0.123. The van der Waals surface area contributed by atoms with Crippen LogP contribution in [0.15, 0.2) is 18.2 Å². The van der Waals surface area contributed by atoms with Crippen LogP contribution >= 0.6 is 11.8 Å². The molecule has 3 rings (SSSR count). The fourth-order valence-corrected chi connectivity index (χ4v) is 3.76. The Labute approximate surface area is 132 Å². The van der Waals surface area contributed by atoms with Crippen molar-refractivity contribution < 1.29 is 14.3 Å². The Morgan fingerprint density at radius 3 is 2.95 bits per heavy atom. The van der Waals surface area contributed by atoms with Gasteiger partial charge in [0, 0.05) is 18.2 Å². The molecule has 2 aliphatic heterocycles. The largest absolute Gasteiger partial charge is 0.497 e. The second-order valence-electron chi connectivity index (χ2n) is 5.44. The van der Waals surface area contributed by atoms with Crippen LogP contribution in [0.1, 0.15) is 18.9 Å². The molecule has 2 amide bonds. The lowest BCUT2D eigenvalue weighted by Crippen LogP contribution is -2.38. The average Bonchev–Trinajstić information content (AvgIpc) is 2.96. The van der Waals surface area contributed by atoms with Crippen LogP contribution in [-0.4, -0.2) is 35.4 Å². The van der Waals surface area contributed by atoms with Gasteiger partial charge in [-0.2, -0.15) is 0 Å². The Kier molecular flexibility index (Phi) is 3.82. The molecule has 0 aliphatic carbocycles. The molecule has 1 aromatic carbocycles. The Morgan fingerprint density at radius 2 is 2.32 bits per heavy atom. The first-order valence-electron chi connectivity index (χ1n) is 7.04. The summed E-state index contributed by atoms with van der Waals surface area (Å²) in [6.07, 6.45) is 0.882. The standard InChI is InChI=1S/C15H17N3O3S/c1-8-5-9-6-10(21-2)3-4-11(9)18(8)13(19)7-12-14(20)17-15(16)22-12/h3-4,6,8,12H,5,7H2,1-2H3,(H2,16,17,20). The van der Waals surface area contributed by atoms with Crippen LogP contribution in [0.2, 0.25) is 0 Å². The molecular formula is C15H17N3O3S. The Balaban J connectivity index is 1.79. The highest BCUT2D eigenvalue weighted by Crippen LogP contribution is 2.36. The number of anilines is 1. The van der Waals surface area contributed by atoms with E-state index in [0.29, 0.717) is 0 Å². The summed E-state index contributed by atoms with van der Waals surface area (Å²) in [5.74, 6) is 0.434. The van der Waals surface area contributed by atoms with Crippen LogP contribution in [0.25, 0.3) is 0 Å². The lowest BCUT2D eigenvalue weighted by atomic mass is 10.1. The van der Waals surface area contributed by atoms with Gasteiger partial charge in [0.25, 0.3) is 0 Å². The summed E-state index contributed by atoms with van der Waals surface area (Å²) in [6.45, 7) is 1.99. The van der Waals surface area contributed by atoms with E-state index in [9.17, 15) is 9.59 Å². The van der Waals surface area contributed by atoms with Crippen LogP contribution in [0.3, 0.4) is 0 Å². The zero-order valence-electron chi connectivity index (χ0n) is 12.4. The van der Waals surface area contributed by atoms with Gasteiger partial charge in [-0.05, 0) is 37.1 Å². The van der Waals surface area contributed by atoms with Crippen LogP contribution in [0, 0.1) is 5.41 Å². The maximum absolute atomic E-state index is 12.6. The van der Waals surface area contributed by atoms with Gasteiger partial charge in [-0.25, -0.2) is 0 Å². The fraction of sp³-hybridized carbons (Fsp3) is 0.400. The minimum absolute atomic E-state index is 0.0588.